The van der Waals surface area contributed by atoms with Crippen LogP contribution in [0.25, 0.3) is 0 Å². The van der Waals surface area contributed by atoms with Crippen LogP contribution in [0.15, 0.2) is 41.6 Å². The fourth-order valence-corrected chi connectivity index (χ4v) is 4.51. The highest BCUT2D eigenvalue weighted by molar-refractivity contribution is 5.98. The van der Waals surface area contributed by atoms with Gasteiger partial charge in [0.1, 0.15) is 19.8 Å². The van der Waals surface area contributed by atoms with E-state index in [2.05, 4.69) is 0 Å². The number of hydrogen-bond donors (Lipinski definition) is 1. The number of hydrogen-bond acceptors (Lipinski definition) is 8. The van der Waals surface area contributed by atoms with E-state index in [1.807, 2.05) is 35.2 Å². The molecule has 0 radical (unpaired) electrons. The van der Waals surface area contributed by atoms with E-state index in [1.54, 1.807) is 14.2 Å². The molecular formula is C23H23NO7. The van der Waals surface area contributed by atoms with Crippen LogP contribution in [-0.2, 0) is 9.53 Å². The molecule has 0 spiro atoms. The van der Waals surface area contributed by atoms with Gasteiger partial charge in [-0.2, -0.15) is 0 Å². The molecule has 8 heteroatoms. The molecular weight excluding hydrogens is 402 g/mol. The van der Waals surface area contributed by atoms with Crippen LogP contribution in [0.2, 0.25) is 0 Å². The largest absolute Gasteiger partial charge is 0.493 e. The molecule has 2 aromatic carbocycles. The van der Waals surface area contributed by atoms with Crippen LogP contribution in [0, 0.1) is 0 Å². The quantitative estimate of drug-likeness (QED) is 0.730. The number of methoxy groups -OCH3 is 2. The first-order valence-corrected chi connectivity index (χ1v) is 10.1. The Kier molecular flexibility index (Phi) is 4.86. The van der Waals surface area contributed by atoms with Crippen LogP contribution in [0.5, 0.6) is 23.0 Å². The molecule has 3 aliphatic heterocycles. The monoisotopic (exact) mass is 425 g/mol. The van der Waals surface area contributed by atoms with Crippen molar-refractivity contribution < 1.29 is 33.6 Å². The number of carbonyl (C=O) groups is 1. The molecule has 0 bridgehead atoms. The van der Waals surface area contributed by atoms with Gasteiger partial charge in [0.2, 0.25) is 0 Å². The summed E-state index contributed by atoms with van der Waals surface area (Å²) in [5.41, 5.74) is 3.91. The molecule has 8 nitrogen and oxygen atoms in total. The minimum Gasteiger partial charge on any atom is -0.493 e. The van der Waals surface area contributed by atoms with E-state index < -0.39 is 0 Å². The lowest BCUT2D eigenvalue weighted by Gasteiger charge is -2.36. The van der Waals surface area contributed by atoms with E-state index in [1.165, 1.54) is 0 Å². The van der Waals surface area contributed by atoms with Gasteiger partial charge in [-0.25, -0.2) is 4.79 Å². The minimum atomic E-state index is -0.384. The lowest BCUT2D eigenvalue weighted by Crippen LogP contribution is -2.33. The summed E-state index contributed by atoms with van der Waals surface area (Å²) in [6.07, 6.45) is 0. The number of anilines is 1. The Hall–Kier alpha value is -3.39. The number of β-amino-alcohol motifs (C(OH)–C–C–N with tert-alkyl or cyclic N) is 1. The molecule has 1 unspecified atom stereocenters. The second kappa shape index (κ2) is 7.70. The van der Waals surface area contributed by atoms with Crippen LogP contribution in [0.3, 0.4) is 0 Å². The van der Waals surface area contributed by atoms with Gasteiger partial charge < -0.3 is 33.7 Å². The zero-order valence-corrected chi connectivity index (χ0v) is 17.3. The Bertz CT molecular complexity index is 1080. The summed E-state index contributed by atoms with van der Waals surface area (Å²) in [6.45, 7) is 1.36. The Morgan fingerprint density at radius 1 is 1.03 bits per heavy atom. The van der Waals surface area contributed by atoms with Crippen LogP contribution in [0.1, 0.15) is 17.0 Å². The second-order valence-corrected chi connectivity index (χ2v) is 7.41. The molecule has 1 atom stereocenters. The number of nitrogens with zero attached hydrogens (tertiary/aromatic N) is 1. The van der Waals surface area contributed by atoms with Crippen molar-refractivity contribution in [3.63, 3.8) is 0 Å². The molecule has 0 fully saturated rings. The summed E-state index contributed by atoms with van der Waals surface area (Å²) in [5, 5.41) is 9.70. The lowest BCUT2D eigenvalue weighted by molar-refractivity contribution is -0.136. The molecule has 3 heterocycles. The van der Waals surface area contributed by atoms with Crippen molar-refractivity contribution in [3.8, 4) is 23.0 Å². The van der Waals surface area contributed by atoms with Gasteiger partial charge in [0, 0.05) is 24.2 Å². The van der Waals surface area contributed by atoms with Gasteiger partial charge in [-0.3, -0.25) is 0 Å². The number of ether oxygens (including phenoxy) is 5. The smallest absolute Gasteiger partial charge is 0.337 e. The molecule has 2 aromatic rings. The Labute approximate surface area is 179 Å². The van der Waals surface area contributed by atoms with E-state index >= 15 is 0 Å². The highest BCUT2D eigenvalue weighted by Crippen LogP contribution is 2.51. The fraction of sp³-hybridized carbons (Fsp3) is 0.348. The number of carbonyl (C=O) groups excluding carboxylic acids is 1. The van der Waals surface area contributed by atoms with Crippen LogP contribution in [0.4, 0.5) is 5.69 Å². The molecule has 0 saturated carbocycles. The average molecular weight is 425 g/mol. The third-order valence-corrected chi connectivity index (χ3v) is 5.84. The van der Waals surface area contributed by atoms with Crippen molar-refractivity contribution in [2.45, 2.75) is 5.92 Å². The van der Waals surface area contributed by atoms with E-state index in [-0.39, 0.29) is 25.1 Å². The molecule has 0 amide bonds. The Balaban J connectivity index is 1.74. The topological polar surface area (TPSA) is 86.7 Å². The van der Waals surface area contributed by atoms with Crippen LogP contribution < -0.4 is 23.8 Å². The van der Waals surface area contributed by atoms with Crippen molar-refractivity contribution in [3.05, 3.63) is 52.7 Å². The number of fused-ring (bicyclic) bond motifs is 2. The number of aliphatic hydroxyl groups excluding tert-OH is 1. The number of esters is 1. The van der Waals surface area contributed by atoms with Crippen molar-refractivity contribution in [1.82, 2.24) is 0 Å². The maximum Gasteiger partial charge on any atom is 0.337 e. The third kappa shape index (κ3) is 3.06. The molecule has 162 valence electrons. The summed E-state index contributed by atoms with van der Waals surface area (Å²) in [7, 11) is 3.16. The molecule has 1 N–H and O–H groups in total. The summed E-state index contributed by atoms with van der Waals surface area (Å²) in [4.78, 5) is 14.8. The molecule has 31 heavy (non-hydrogen) atoms. The first kappa shape index (κ1) is 19.6. The first-order chi connectivity index (χ1) is 15.2. The zero-order chi connectivity index (χ0) is 21.5. The van der Waals surface area contributed by atoms with E-state index in [4.69, 9.17) is 23.7 Å². The van der Waals surface area contributed by atoms with Crippen molar-refractivity contribution in [2.75, 3.05) is 52.1 Å². The van der Waals surface area contributed by atoms with Gasteiger partial charge >= 0.3 is 5.97 Å². The third-order valence-electron chi connectivity index (χ3n) is 5.84. The number of cyclic esters (lactones) is 1. The van der Waals surface area contributed by atoms with Gasteiger partial charge in [0.15, 0.2) is 23.0 Å². The van der Waals surface area contributed by atoms with Gasteiger partial charge in [-0.15, -0.1) is 0 Å². The summed E-state index contributed by atoms with van der Waals surface area (Å²) >= 11 is 0. The van der Waals surface area contributed by atoms with Crippen molar-refractivity contribution in [2.24, 2.45) is 0 Å². The van der Waals surface area contributed by atoms with Gasteiger partial charge in [0.05, 0.1) is 32.1 Å². The van der Waals surface area contributed by atoms with Gasteiger partial charge in [-0.05, 0) is 29.3 Å². The summed E-state index contributed by atoms with van der Waals surface area (Å²) in [5.74, 6) is 1.71. The standard InChI is InChI=1S/C23H23NO7/c1-27-17-4-3-13(9-18(17)28-2)21-14-10-19-20(30-8-7-29-19)11-15(14)24(5-6-25)16-12-31-23(26)22(16)21/h3-4,9-11,21,25H,5-8,12H2,1-2H3. The molecule has 0 aromatic heterocycles. The SMILES string of the molecule is COc1ccc(C2C3=C(COC3=O)N(CCO)c3cc4c(cc32)OCCO4)cc1OC. The number of rotatable bonds is 5. The second-order valence-electron chi connectivity index (χ2n) is 7.41. The normalized spacial score (nSPS) is 19.0. The number of aliphatic hydroxyl groups is 1. The van der Waals surface area contributed by atoms with E-state index in [0.29, 0.717) is 48.3 Å². The predicted molar refractivity (Wildman–Crippen MR) is 111 cm³/mol. The number of benzene rings is 2. The van der Waals surface area contributed by atoms with Gasteiger partial charge in [0.25, 0.3) is 0 Å². The highest BCUT2D eigenvalue weighted by Gasteiger charge is 2.42. The van der Waals surface area contributed by atoms with Crippen LogP contribution >= 0.6 is 0 Å². The molecule has 3 aliphatic rings. The highest BCUT2D eigenvalue weighted by atomic mass is 16.6. The molecule has 5 rings (SSSR count). The van der Waals surface area contributed by atoms with Crippen LogP contribution in [-0.4, -0.2) is 58.3 Å². The molecule has 0 saturated heterocycles. The lowest BCUT2D eigenvalue weighted by atomic mass is 9.80. The Morgan fingerprint density at radius 2 is 1.77 bits per heavy atom. The minimum absolute atomic E-state index is 0.0696. The Morgan fingerprint density at radius 3 is 2.48 bits per heavy atom. The molecule has 0 aliphatic carbocycles. The zero-order valence-electron chi connectivity index (χ0n) is 17.3. The van der Waals surface area contributed by atoms with Crippen molar-refractivity contribution >= 4 is 11.7 Å². The maximum atomic E-state index is 12.8. The van der Waals surface area contributed by atoms with Crippen molar-refractivity contribution in [1.29, 1.82) is 0 Å². The first-order valence-electron chi connectivity index (χ1n) is 10.1. The summed E-state index contributed by atoms with van der Waals surface area (Å²) < 4.78 is 27.9. The maximum absolute atomic E-state index is 12.8. The average Bonchev–Trinajstić information content (AvgIpc) is 3.18. The summed E-state index contributed by atoms with van der Waals surface area (Å²) in [6, 6.07) is 9.46. The fourth-order valence-electron chi connectivity index (χ4n) is 4.51. The predicted octanol–water partition coefficient (Wildman–Crippen LogP) is 2.23. The van der Waals surface area contributed by atoms with E-state index in [0.717, 1.165) is 22.5 Å². The van der Waals surface area contributed by atoms with Gasteiger partial charge in [-0.1, -0.05) is 6.07 Å². The van der Waals surface area contributed by atoms with E-state index in [9.17, 15) is 9.90 Å².